The fraction of sp³-hybridized carbons (Fsp3) is 0.688. The van der Waals surface area contributed by atoms with Crippen molar-refractivity contribution < 1.29 is 34.2 Å². The minimum absolute atomic E-state index is 0.135. The van der Waals surface area contributed by atoms with E-state index in [1.807, 2.05) is 13.8 Å². The highest BCUT2D eigenvalue weighted by Crippen LogP contribution is 2.06. The molecule has 0 aromatic carbocycles. The molecule has 11 nitrogen and oxygen atoms in total. The summed E-state index contributed by atoms with van der Waals surface area (Å²) < 4.78 is 0. The molecule has 0 aliphatic rings. The van der Waals surface area contributed by atoms with E-state index in [0.717, 1.165) is 0 Å². The molecule has 0 aromatic rings. The molecule has 154 valence electrons. The van der Waals surface area contributed by atoms with Gasteiger partial charge in [-0.05, 0) is 25.2 Å². The number of carboxylic acids is 2. The lowest BCUT2D eigenvalue weighted by molar-refractivity contribution is -0.143. The smallest absolute Gasteiger partial charge is 0.326 e. The number of nitrogens with two attached hydrogens (primary N) is 2. The van der Waals surface area contributed by atoms with Crippen LogP contribution < -0.4 is 22.1 Å². The van der Waals surface area contributed by atoms with Crippen molar-refractivity contribution in [2.75, 3.05) is 0 Å². The largest absolute Gasteiger partial charge is 0.481 e. The van der Waals surface area contributed by atoms with Crippen molar-refractivity contribution in [3.8, 4) is 0 Å². The van der Waals surface area contributed by atoms with Gasteiger partial charge in [-0.3, -0.25) is 19.2 Å². The number of aliphatic carboxylic acids is 2. The molecular weight excluding hydrogens is 360 g/mol. The molecule has 0 aliphatic heterocycles. The van der Waals surface area contributed by atoms with Crippen LogP contribution >= 0.6 is 0 Å². The molecule has 11 heteroatoms. The first-order valence-electron chi connectivity index (χ1n) is 8.53. The monoisotopic (exact) mass is 388 g/mol. The standard InChI is InChI=1S/C16H28N4O7/c1-8(2)7-9(17)14(24)19-10(3-5-12(18)21)15(25)20-11(16(26)27)4-6-13(22)23/h8-11H,3-7,17H2,1-2H3,(H2,18,21)(H,19,24)(H,20,25)(H,22,23)(H,26,27)/t9-,10-,11-/m0/s1. The van der Waals surface area contributed by atoms with Gasteiger partial charge in [-0.2, -0.15) is 0 Å². The number of carbonyl (C=O) groups is 5. The molecular formula is C16H28N4O7. The number of rotatable bonds is 13. The molecule has 0 radical (unpaired) electrons. The van der Waals surface area contributed by atoms with Crippen LogP contribution in [-0.4, -0.2) is 58.0 Å². The van der Waals surface area contributed by atoms with Crippen molar-refractivity contribution in [2.45, 2.75) is 64.1 Å². The fourth-order valence-electron chi connectivity index (χ4n) is 2.25. The van der Waals surface area contributed by atoms with Crippen LogP contribution in [0.4, 0.5) is 0 Å². The third-order valence-electron chi connectivity index (χ3n) is 3.64. The predicted molar refractivity (Wildman–Crippen MR) is 94.2 cm³/mol. The van der Waals surface area contributed by atoms with E-state index in [9.17, 15) is 24.0 Å². The van der Waals surface area contributed by atoms with E-state index in [2.05, 4.69) is 10.6 Å². The molecule has 8 N–H and O–H groups in total. The Balaban J connectivity index is 5.09. The molecule has 0 saturated heterocycles. The lowest BCUT2D eigenvalue weighted by Crippen LogP contribution is -2.54. The van der Waals surface area contributed by atoms with Gasteiger partial charge in [0.05, 0.1) is 6.04 Å². The first-order valence-corrected chi connectivity index (χ1v) is 8.53. The molecule has 3 atom stereocenters. The highest BCUT2D eigenvalue weighted by Gasteiger charge is 2.28. The average Bonchev–Trinajstić information content (AvgIpc) is 2.53. The summed E-state index contributed by atoms with van der Waals surface area (Å²) in [6, 6.07) is -3.56. The van der Waals surface area contributed by atoms with E-state index < -0.39 is 54.2 Å². The second-order valence-electron chi connectivity index (χ2n) is 6.63. The molecule has 0 spiro atoms. The lowest BCUT2D eigenvalue weighted by atomic mass is 10.0. The number of primary amides is 1. The molecule has 0 aromatic heterocycles. The van der Waals surface area contributed by atoms with Crippen molar-refractivity contribution in [1.82, 2.24) is 10.6 Å². The molecule has 0 saturated carbocycles. The van der Waals surface area contributed by atoms with Crippen LogP contribution in [0.1, 0.15) is 46.0 Å². The van der Waals surface area contributed by atoms with Gasteiger partial charge in [0, 0.05) is 12.8 Å². The van der Waals surface area contributed by atoms with Gasteiger partial charge in [-0.15, -0.1) is 0 Å². The van der Waals surface area contributed by atoms with Crippen LogP contribution in [0.5, 0.6) is 0 Å². The summed E-state index contributed by atoms with van der Waals surface area (Å²) in [4.78, 5) is 57.3. The zero-order valence-electron chi connectivity index (χ0n) is 15.4. The van der Waals surface area contributed by atoms with Crippen LogP contribution in [-0.2, 0) is 24.0 Å². The minimum atomic E-state index is -1.45. The Labute approximate surface area is 156 Å². The zero-order chi connectivity index (χ0) is 21.1. The SMILES string of the molecule is CC(C)C[C@H](N)C(=O)N[C@@H](CCC(N)=O)C(=O)N[C@@H](CCC(=O)O)C(=O)O. The predicted octanol–water partition coefficient (Wildman–Crippen LogP) is -1.46. The maximum absolute atomic E-state index is 12.4. The molecule has 0 fully saturated rings. The summed E-state index contributed by atoms with van der Waals surface area (Å²) in [5.74, 6) is -4.68. The summed E-state index contributed by atoms with van der Waals surface area (Å²) in [5, 5.41) is 22.3. The van der Waals surface area contributed by atoms with E-state index >= 15 is 0 Å². The molecule has 27 heavy (non-hydrogen) atoms. The topological polar surface area (TPSA) is 202 Å². The van der Waals surface area contributed by atoms with Gasteiger partial charge < -0.3 is 32.3 Å². The Morgan fingerprint density at radius 1 is 0.889 bits per heavy atom. The van der Waals surface area contributed by atoms with Gasteiger partial charge in [-0.1, -0.05) is 13.8 Å². The first-order chi connectivity index (χ1) is 12.4. The van der Waals surface area contributed by atoms with Crippen LogP contribution in [0.25, 0.3) is 0 Å². The summed E-state index contributed by atoms with van der Waals surface area (Å²) in [6.45, 7) is 3.73. The Kier molecular flexibility index (Phi) is 10.7. The average molecular weight is 388 g/mol. The maximum Gasteiger partial charge on any atom is 0.326 e. The van der Waals surface area contributed by atoms with Gasteiger partial charge in [0.1, 0.15) is 12.1 Å². The second kappa shape index (κ2) is 11.8. The van der Waals surface area contributed by atoms with E-state index in [1.54, 1.807) is 0 Å². The molecule has 3 amide bonds. The molecule has 0 rings (SSSR count). The van der Waals surface area contributed by atoms with Crippen LogP contribution in [0.3, 0.4) is 0 Å². The minimum Gasteiger partial charge on any atom is -0.481 e. The van der Waals surface area contributed by atoms with Gasteiger partial charge in [0.2, 0.25) is 17.7 Å². The molecule has 0 bridgehead atoms. The van der Waals surface area contributed by atoms with E-state index in [0.29, 0.717) is 6.42 Å². The van der Waals surface area contributed by atoms with Gasteiger partial charge in [0.15, 0.2) is 0 Å². The quantitative estimate of drug-likeness (QED) is 0.220. The number of amides is 3. The highest BCUT2D eigenvalue weighted by atomic mass is 16.4. The van der Waals surface area contributed by atoms with Gasteiger partial charge >= 0.3 is 11.9 Å². The second-order valence-corrected chi connectivity index (χ2v) is 6.63. The molecule has 0 heterocycles. The summed E-state index contributed by atoms with van der Waals surface area (Å²) in [7, 11) is 0. The fourth-order valence-corrected chi connectivity index (χ4v) is 2.25. The van der Waals surface area contributed by atoms with E-state index in [1.165, 1.54) is 0 Å². The van der Waals surface area contributed by atoms with Crippen molar-refractivity contribution in [3.05, 3.63) is 0 Å². The molecule has 0 unspecified atom stereocenters. The highest BCUT2D eigenvalue weighted by molar-refractivity contribution is 5.92. The van der Waals surface area contributed by atoms with Crippen molar-refractivity contribution in [1.29, 1.82) is 0 Å². The van der Waals surface area contributed by atoms with Crippen LogP contribution in [0.15, 0.2) is 0 Å². The summed E-state index contributed by atoms with van der Waals surface area (Å²) in [5.41, 5.74) is 10.8. The van der Waals surface area contributed by atoms with Gasteiger partial charge in [-0.25, -0.2) is 4.79 Å². The Morgan fingerprint density at radius 3 is 1.85 bits per heavy atom. The van der Waals surface area contributed by atoms with Gasteiger partial charge in [0.25, 0.3) is 0 Å². The zero-order valence-corrected chi connectivity index (χ0v) is 15.4. The Morgan fingerprint density at radius 2 is 1.41 bits per heavy atom. The Hall–Kier alpha value is -2.69. The van der Waals surface area contributed by atoms with Crippen LogP contribution in [0, 0.1) is 5.92 Å². The number of nitrogens with one attached hydrogen (secondary N) is 2. The normalized spacial score (nSPS) is 14.1. The van der Waals surface area contributed by atoms with Crippen molar-refractivity contribution in [2.24, 2.45) is 17.4 Å². The Bertz CT molecular complexity index is 565. The number of hydrogen-bond acceptors (Lipinski definition) is 6. The first kappa shape index (κ1) is 24.3. The summed E-state index contributed by atoms with van der Waals surface area (Å²) in [6.07, 6.45) is -0.793. The number of carbonyl (C=O) groups excluding carboxylic acids is 3. The van der Waals surface area contributed by atoms with E-state index in [-0.39, 0.29) is 25.2 Å². The van der Waals surface area contributed by atoms with E-state index in [4.69, 9.17) is 21.7 Å². The third-order valence-corrected chi connectivity index (χ3v) is 3.64. The van der Waals surface area contributed by atoms with Crippen LogP contribution in [0.2, 0.25) is 0 Å². The van der Waals surface area contributed by atoms with Crippen molar-refractivity contribution in [3.63, 3.8) is 0 Å². The lowest BCUT2D eigenvalue weighted by Gasteiger charge is -2.23. The number of hydrogen-bond donors (Lipinski definition) is 6. The summed E-state index contributed by atoms with van der Waals surface area (Å²) >= 11 is 0. The van der Waals surface area contributed by atoms with Crippen molar-refractivity contribution >= 4 is 29.7 Å². The molecule has 0 aliphatic carbocycles. The third kappa shape index (κ3) is 10.8. The maximum atomic E-state index is 12.4. The number of carboxylic acid groups (broad SMARTS) is 2.